The van der Waals surface area contributed by atoms with Gasteiger partial charge in [-0.25, -0.2) is 4.98 Å². The topological polar surface area (TPSA) is 80.7 Å². The predicted octanol–water partition coefficient (Wildman–Crippen LogP) is 3.60. The van der Waals surface area contributed by atoms with E-state index in [1.165, 1.54) is 6.20 Å². The van der Waals surface area contributed by atoms with Gasteiger partial charge in [-0.05, 0) is 36.6 Å². The first-order valence-electron chi connectivity index (χ1n) is 10.1. The third kappa shape index (κ3) is 4.89. The Morgan fingerprint density at radius 3 is 2.69 bits per heavy atom. The van der Waals surface area contributed by atoms with E-state index in [0.29, 0.717) is 23.1 Å². The Balaban J connectivity index is 1.56. The number of pyridine rings is 1. The maximum absolute atomic E-state index is 12.8. The number of aromatic nitrogens is 1. The van der Waals surface area contributed by atoms with Crippen molar-refractivity contribution in [3.8, 4) is 17.0 Å². The second kappa shape index (κ2) is 9.11. The number of halogens is 1. The number of hydrogen-bond donors (Lipinski definition) is 2. The zero-order chi connectivity index (χ0) is 20.2. The van der Waals surface area contributed by atoms with Gasteiger partial charge in [-0.15, -0.1) is 0 Å². The lowest BCUT2D eigenvalue weighted by atomic mass is 9.92. The highest BCUT2D eigenvalue weighted by atomic mass is 35.5. The van der Waals surface area contributed by atoms with Gasteiger partial charge in [-0.1, -0.05) is 36.6 Å². The van der Waals surface area contributed by atoms with E-state index in [1.807, 2.05) is 12.1 Å². The largest absolute Gasteiger partial charge is 0.474 e. The van der Waals surface area contributed by atoms with Crippen molar-refractivity contribution >= 4 is 17.5 Å². The van der Waals surface area contributed by atoms with E-state index in [1.54, 1.807) is 18.2 Å². The van der Waals surface area contributed by atoms with Crippen molar-refractivity contribution in [3.05, 3.63) is 47.1 Å². The van der Waals surface area contributed by atoms with Gasteiger partial charge < -0.3 is 19.9 Å². The summed E-state index contributed by atoms with van der Waals surface area (Å²) in [6.07, 6.45) is 5.58. The Bertz CT molecular complexity index is 854. The van der Waals surface area contributed by atoms with Gasteiger partial charge in [-0.2, -0.15) is 0 Å². The monoisotopic (exact) mass is 416 g/mol. The molecule has 2 N–H and O–H groups in total. The smallest absolute Gasteiger partial charge is 0.253 e. The van der Waals surface area contributed by atoms with E-state index in [2.05, 4.69) is 10.3 Å². The van der Waals surface area contributed by atoms with Crippen LogP contribution >= 0.6 is 11.6 Å². The van der Waals surface area contributed by atoms with Crippen LogP contribution in [0.2, 0.25) is 5.02 Å². The van der Waals surface area contributed by atoms with Crippen molar-refractivity contribution in [2.45, 2.75) is 50.4 Å². The lowest BCUT2D eigenvalue weighted by Crippen LogP contribution is -2.45. The molecule has 29 heavy (non-hydrogen) atoms. The molecule has 3 atom stereocenters. The van der Waals surface area contributed by atoms with Crippen LogP contribution in [0, 0.1) is 0 Å². The first-order valence-corrected chi connectivity index (χ1v) is 10.5. The number of aliphatic hydroxyl groups excluding tert-OH is 1. The number of hydrogen-bond acceptors (Lipinski definition) is 5. The number of nitrogens with one attached hydrogen (secondary N) is 1. The van der Waals surface area contributed by atoms with Crippen LogP contribution in [0.25, 0.3) is 11.1 Å². The minimum atomic E-state index is -0.499. The number of rotatable bonds is 6. The van der Waals surface area contributed by atoms with Crippen molar-refractivity contribution in [1.29, 1.82) is 0 Å². The Hall–Kier alpha value is -2.15. The molecule has 2 fully saturated rings. The summed E-state index contributed by atoms with van der Waals surface area (Å²) in [6.45, 7) is 1.19. The van der Waals surface area contributed by atoms with E-state index < -0.39 is 6.10 Å². The second-order valence-electron chi connectivity index (χ2n) is 7.61. The zero-order valence-corrected chi connectivity index (χ0v) is 16.9. The molecule has 1 aliphatic heterocycles. The first kappa shape index (κ1) is 20.1. The molecular weight excluding hydrogens is 392 g/mol. The third-order valence-corrected chi connectivity index (χ3v) is 5.77. The summed E-state index contributed by atoms with van der Waals surface area (Å²) in [5.74, 6) is 0.213. The number of nitrogens with zero attached hydrogens (tertiary/aromatic N) is 1. The summed E-state index contributed by atoms with van der Waals surface area (Å²) in [7, 11) is 0. The number of ether oxygens (including phenoxy) is 2. The molecule has 4 rings (SSSR count). The van der Waals surface area contributed by atoms with Gasteiger partial charge in [-0.3, -0.25) is 4.79 Å². The fraction of sp³-hybridized carbons (Fsp3) is 0.455. The minimum Gasteiger partial charge on any atom is -0.474 e. The SMILES string of the molecule is O=C(NC1CCCC[C@H]1O)c1cnc(OCC2CCO2)c(-c2ccc(Cl)cc2)c1. The highest BCUT2D eigenvalue weighted by Gasteiger charge is 2.26. The lowest BCUT2D eigenvalue weighted by Gasteiger charge is -2.28. The van der Waals surface area contributed by atoms with Crippen molar-refractivity contribution < 1.29 is 19.4 Å². The van der Waals surface area contributed by atoms with Gasteiger partial charge in [0.1, 0.15) is 6.61 Å². The van der Waals surface area contributed by atoms with Crippen LogP contribution in [0.3, 0.4) is 0 Å². The van der Waals surface area contributed by atoms with Crippen LogP contribution < -0.4 is 10.1 Å². The van der Waals surface area contributed by atoms with Crippen LogP contribution in [0.4, 0.5) is 0 Å². The average molecular weight is 417 g/mol. The molecular formula is C22H25ClN2O4. The number of amides is 1. The number of aliphatic hydroxyl groups is 1. The summed E-state index contributed by atoms with van der Waals surface area (Å²) >= 11 is 6.02. The van der Waals surface area contributed by atoms with Crippen molar-refractivity contribution in [2.75, 3.05) is 13.2 Å². The Morgan fingerprint density at radius 1 is 1.24 bits per heavy atom. The normalized spacial score (nSPS) is 23.9. The maximum Gasteiger partial charge on any atom is 0.253 e. The van der Waals surface area contributed by atoms with Crippen molar-refractivity contribution in [3.63, 3.8) is 0 Å². The molecule has 2 unspecified atom stereocenters. The Morgan fingerprint density at radius 2 is 2.00 bits per heavy atom. The molecule has 1 aromatic heterocycles. The van der Waals surface area contributed by atoms with Crippen LogP contribution in [0.15, 0.2) is 36.5 Å². The van der Waals surface area contributed by atoms with Crippen LogP contribution in [-0.4, -0.2) is 47.5 Å². The highest BCUT2D eigenvalue weighted by molar-refractivity contribution is 6.30. The minimum absolute atomic E-state index is 0.0885. The van der Waals surface area contributed by atoms with E-state index in [-0.39, 0.29) is 18.1 Å². The molecule has 154 valence electrons. The summed E-state index contributed by atoms with van der Waals surface area (Å²) < 4.78 is 11.3. The summed E-state index contributed by atoms with van der Waals surface area (Å²) in [6, 6.07) is 8.89. The van der Waals surface area contributed by atoms with Gasteiger partial charge in [0.25, 0.3) is 5.91 Å². The van der Waals surface area contributed by atoms with E-state index in [9.17, 15) is 9.90 Å². The van der Waals surface area contributed by atoms with E-state index in [4.69, 9.17) is 21.1 Å². The van der Waals surface area contributed by atoms with Gasteiger partial charge in [0.05, 0.1) is 23.8 Å². The second-order valence-corrected chi connectivity index (χ2v) is 8.04. The van der Waals surface area contributed by atoms with Crippen molar-refractivity contribution in [2.24, 2.45) is 0 Å². The van der Waals surface area contributed by atoms with Gasteiger partial charge in [0.2, 0.25) is 5.88 Å². The molecule has 1 amide bonds. The average Bonchev–Trinajstić information content (AvgIpc) is 2.69. The summed E-state index contributed by atoms with van der Waals surface area (Å²) in [4.78, 5) is 17.2. The number of carbonyl (C=O) groups is 1. The molecule has 7 heteroatoms. The Labute approximate surface area is 175 Å². The molecule has 0 radical (unpaired) electrons. The Kier molecular flexibility index (Phi) is 6.33. The maximum atomic E-state index is 12.8. The molecule has 2 heterocycles. The molecule has 1 aromatic carbocycles. The number of carbonyl (C=O) groups excluding carboxylic acids is 1. The van der Waals surface area contributed by atoms with Crippen LogP contribution in [0.1, 0.15) is 42.5 Å². The molecule has 2 aromatic rings. The zero-order valence-electron chi connectivity index (χ0n) is 16.1. The molecule has 0 bridgehead atoms. The molecule has 1 saturated heterocycles. The lowest BCUT2D eigenvalue weighted by molar-refractivity contribution is -0.0726. The summed E-state index contributed by atoms with van der Waals surface area (Å²) in [5.41, 5.74) is 2.01. The quantitative estimate of drug-likeness (QED) is 0.752. The summed E-state index contributed by atoms with van der Waals surface area (Å²) in [5, 5.41) is 13.7. The van der Waals surface area contributed by atoms with E-state index >= 15 is 0 Å². The third-order valence-electron chi connectivity index (χ3n) is 5.51. The highest BCUT2D eigenvalue weighted by Crippen LogP contribution is 2.31. The predicted molar refractivity (Wildman–Crippen MR) is 110 cm³/mol. The number of benzene rings is 1. The molecule has 2 aliphatic rings. The van der Waals surface area contributed by atoms with Crippen LogP contribution in [0.5, 0.6) is 5.88 Å². The van der Waals surface area contributed by atoms with Crippen LogP contribution in [-0.2, 0) is 4.74 Å². The standard InChI is InChI=1S/C22H25ClN2O4/c23-16-7-5-14(6-8-16)18-11-15(12-24-22(18)29-13-17-9-10-28-17)21(27)25-19-3-1-2-4-20(19)26/h5-8,11-12,17,19-20,26H,1-4,9-10,13H2,(H,25,27)/t17?,19?,20-/m1/s1. The molecule has 0 spiro atoms. The van der Waals surface area contributed by atoms with E-state index in [0.717, 1.165) is 49.8 Å². The van der Waals surface area contributed by atoms with Gasteiger partial charge in [0.15, 0.2) is 0 Å². The fourth-order valence-electron chi connectivity index (χ4n) is 3.65. The molecule has 1 saturated carbocycles. The molecule has 6 nitrogen and oxygen atoms in total. The first-order chi connectivity index (χ1) is 14.1. The molecule has 1 aliphatic carbocycles. The fourth-order valence-corrected chi connectivity index (χ4v) is 3.77. The van der Waals surface area contributed by atoms with Gasteiger partial charge >= 0.3 is 0 Å². The van der Waals surface area contributed by atoms with Gasteiger partial charge in [0, 0.05) is 29.8 Å². The van der Waals surface area contributed by atoms with Crippen molar-refractivity contribution in [1.82, 2.24) is 10.3 Å².